The summed E-state index contributed by atoms with van der Waals surface area (Å²) in [6, 6.07) is 0. The number of rotatable bonds is 4. The standard InChI is InChI=1S/C13H25N3O2/c1-9(2)10(7-14)11(17)16-6-5-13(3,8-16)12(18)15-4/h9-10H,5-8,14H2,1-4H3,(H,15,18). The molecular weight excluding hydrogens is 230 g/mol. The molecule has 0 aromatic rings. The molecule has 1 saturated heterocycles. The minimum absolute atomic E-state index is 0.00615. The lowest BCUT2D eigenvalue weighted by atomic mass is 9.88. The Bertz CT molecular complexity index is 330. The van der Waals surface area contributed by atoms with E-state index in [0.29, 0.717) is 26.1 Å². The predicted octanol–water partition coefficient (Wildman–Crippen LogP) is 0.202. The Morgan fingerprint density at radius 2 is 2.06 bits per heavy atom. The highest BCUT2D eigenvalue weighted by molar-refractivity contribution is 5.85. The van der Waals surface area contributed by atoms with E-state index < -0.39 is 5.41 Å². The molecule has 0 aromatic carbocycles. The van der Waals surface area contributed by atoms with Gasteiger partial charge in [-0.1, -0.05) is 13.8 Å². The first kappa shape index (κ1) is 15.0. The summed E-state index contributed by atoms with van der Waals surface area (Å²) in [6.07, 6.45) is 0.716. The molecule has 0 aliphatic carbocycles. The molecule has 1 rings (SSSR count). The van der Waals surface area contributed by atoms with E-state index in [0.717, 1.165) is 0 Å². The van der Waals surface area contributed by atoms with Gasteiger partial charge < -0.3 is 16.0 Å². The van der Waals surface area contributed by atoms with Crippen molar-refractivity contribution in [1.29, 1.82) is 0 Å². The van der Waals surface area contributed by atoms with Crippen LogP contribution in [0.4, 0.5) is 0 Å². The highest BCUT2D eigenvalue weighted by atomic mass is 16.2. The van der Waals surface area contributed by atoms with Crippen LogP contribution in [0, 0.1) is 17.3 Å². The lowest BCUT2D eigenvalue weighted by molar-refractivity contribution is -0.136. The molecule has 5 nitrogen and oxygen atoms in total. The van der Waals surface area contributed by atoms with Gasteiger partial charge in [0, 0.05) is 26.7 Å². The van der Waals surface area contributed by atoms with Gasteiger partial charge in [0.2, 0.25) is 11.8 Å². The Labute approximate surface area is 109 Å². The van der Waals surface area contributed by atoms with Gasteiger partial charge in [0.25, 0.3) is 0 Å². The molecule has 2 amide bonds. The van der Waals surface area contributed by atoms with Crippen LogP contribution in [0.5, 0.6) is 0 Å². The second-order valence-corrected chi connectivity index (χ2v) is 5.74. The third-order valence-electron chi connectivity index (χ3n) is 3.94. The number of likely N-dealkylation sites (tertiary alicyclic amines) is 1. The number of nitrogens with one attached hydrogen (secondary N) is 1. The number of carbonyl (C=O) groups excluding carboxylic acids is 2. The van der Waals surface area contributed by atoms with Crippen molar-refractivity contribution in [2.75, 3.05) is 26.7 Å². The summed E-state index contributed by atoms with van der Waals surface area (Å²) in [7, 11) is 1.63. The maximum absolute atomic E-state index is 12.3. The van der Waals surface area contributed by atoms with Gasteiger partial charge in [-0.05, 0) is 19.3 Å². The fraction of sp³-hybridized carbons (Fsp3) is 0.846. The van der Waals surface area contributed by atoms with Gasteiger partial charge in [-0.15, -0.1) is 0 Å². The normalized spacial score (nSPS) is 25.3. The van der Waals surface area contributed by atoms with E-state index in [2.05, 4.69) is 5.32 Å². The number of carbonyl (C=O) groups is 2. The van der Waals surface area contributed by atoms with E-state index in [-0.39, 0.29) is 23.7 Å². The zero-order chi connectivity index (χ0) is 13.9. The zero-order valence-electron chi connectivity index (χ0n) is 11.8. The lowest BCUT2D eigenvalue weighted by Gasteiger charge is -2.27. The molecule has 2 atom stereocenters. The molecule has 3 N–H and O–H groups in total. The average molecular weight is 255 g/mol. The molecule has 0 saturated carbocycles. The molecule has 0 aromatic heterocycles. The molecule has 0 radical (unpaired) electrons. The van der Waals surface area contributed by atoms with Crippen LogP contribution in [-0.4, -0.2) is 43.4 Å². The first-order valence-electron chi connectivity index (χ1n) is 6.56. The highest BCUT2D eigenvalue weighted by Gasteiger charge is 2.42. The lowest BCUT2D eigenvalue weighted by Crippen LogP contribution is -2.44. The van der Waals surface area contributed by atoms with Crippen LogP contribution in [0.25, 0.3) is 0 Å². The fourth-order valence-corrected chi connectivity index (χ4v) is 2.53. The summed E-state index contributed by atoms with van der Waals surface area (Å²) in [4.78, 5) is 25.9. The van der Waals surface area contributed by atoms with Crippen molar-refractivity contribution in [2.45, 2.75) is 27.2 Å². The smallest absolute Gasteiger partial charge is 0.227 e. The molecule has 5 heteroatoms. The minimum Gasteiger partial charge on any atom is -0.359 e. The third kappa shape index (κ3) is 2.83. The summed E-state index contributed by atoms with van der Waals surface area (Å²) in [6.45, 7) is 7.42. The Kier molecular flexibility index (Phi) is 4.73. The van der Waals surface area contributed by atoms with Crippen LogP contribution >= 0.6 is 0 Å². The molecule has 1 aliphatic rings. The summed E-state index contributed by atoms with van der Waals surface area (Å²) in [5.41, 5.74) is 5.21. The van der Waals surface area contributed by atoms with Crippen LogP contribution in [0.1, 0.15) is 27.2 Å². The third-order valence-corrected chi connectivity index (χ3v) is 3.94. The molecule has 0 spiro atoms. The van der Waals surface area contributed by atoms with Gasteiger partial charge in [-0.25, -0.2) is 0 Å². The van der Waals surface area contributed by atoms with Crippen molar-refractivity contribution in [2.24, 2.45) is 23.0 Å². The highest BCUT2D eigenvalue weighted by Crippen LogP contribution is 2.31. The SMILES string of the molecule is CNC(=O)C1(C)CCN(C(=O)C(CN)C(C)C)C1. The van der Waals surface area contributed by atoms with Gasteiger partial charge in [0.1, 0.15) is 0 Å². The maximum Gasteiger partial charge on any atom is 0.227 e. The van der Waals surface area contributed by atoms with Gasteiger partial charge in [0.05, 0.1) is 11.3 Å². The Morgan fingerprint density at radius 1 is 1.44 bits per heavy atom. The first-order chi connectivity index (χ1) is 8.35. The van der Waals surface area contributed by atoms with Gasteiger partial charge in [-0.3, -0.25) is 9.59 Å². The largest absolute Gasteiger partial charge is 0.359 e. The van der Waals surface area contributed by atoms with Gasteiger partial charge in [0.15, 0.2) is 0 Å². The molecule has 104 valence electrons. The molecule has 1 heterocycles. The second-order valence-electron chi connectivity index (χ2n) is 5.74. The summed E-state index contributed by atoms with van der Waals surface area (Å²) < 4.78 is 0. The second kappa shape index (κ2) is 5.69. The minimum atomic E-state index is -0.458. The number of hydrogen-bond acceptors (Lipinski definition) is 3. The molecular formula is C13H25N3O2. The van der Waals surface area contributed by atoms with Crippen LogP contribution in [0.15, 0.2) is 0 Å². The fourth-order valence-electron chi connectivity index (χ4n) is 2.53. The Balaban J connectivity index is 2.72. The van der Waals surface area contributed by atoms with Crippen molar-refractivity contribution < 1.29 is 9.59 Å². The van der Waals surface area contributed by atoms with Crippen molar-refractivity contribution in [3.05, 3.63) is 0 Å². The average Bonchev–Trinajstić information content (AvgIpc) is 2.72. The predicted molar refractivity (Wildman–Crippen MR) is 70.8 cm³/mol. The monoisotopic (exact) mass is 255 g/mol. The summed E-state index contributed by atoms with van der Waals surface area (Å²) in [5, 5.41) is 2.67. The zero-order valence-corrected chi connectivity index (χ0v) is 11.8. The topological polar surface area (TPSA) is 75.4 Å². The van der Waals surface area contributed by atoms with E-state index in [1.165, 1.54) is 0 Å². The van der Waals surface area contributed by atoms with Crippen LogP contribution in [0.2, 0.25) is 0 Å². The van der Waals surface area contributed by atoms with Gasteiger partial charge >= 0.3 is 0 Å². The van der Waals surface area contributed by atoms with E-state index in [1.54, 1.807) is 11.9 Å². The number of hydrogen-bond donors (Lipinski definition) is 2. The Hall–Kier alpha value is -1.10. The first-order valence-corrected chi connectivity index (χ1v) is 6.56. The van der Waals surface area contributed by atoms with Crippen LogP contribution < -0.4 is 11.1 Å². The number of nitrogens with two attached hydrogens (primary N) is 1. The molecule has 2 unspecified atom stereocenters. The van der Waals surface area contributed by atoms with Crippen LogP contribution in [0.3, 0.4) is 0 Å². The molecule has 0 bridgehead atoms. The van der Waals surface area contributed by atoms with Crippen molar-refractivity contribution in [1.82, 2.24) is 10.2 Å². The number of amides is 2. The van der Waals surface area contributed by atoms with Crippen molar-refractivity contribution >= 4 is 11.8 Å². The molecule has 1 fully saturated rings. The quantitative estimate of drug-likeness (QED) is 0.753. The number of nitrogens with zero attached hydrogens (tertiary/aromatic N) is 1. The van der Waals surface area contributed by atoms with E-state index >= 15 is 0 Å². The van der Waals surface area contributed by atoms with Crippen molar-refractivity contribution in [3.8, 4) is 0 Å². The van der Waals surface area contributed by atoms with Crippen LogP contribution in [-0.2, 0) is 9.59 Å². The van der Waals surface area contributed by atoms with E-state index in [4.69, 9.17) is 5.73 Å². The van der Waals surface area contributed by atoms with Gasteiger partial charge in [-0.2, -0.15) is 0 Å². The van der Waals surface area contributed by atoms with E-state index in [1.807, 2.05) is 20.8 Å². The van der Waals surface area contributed by atoms with E-state index in [9.17, 15) is 9.59 Å². The maximum atomic E-state index is 12.3. The summed E-state index contributed by atoms with van der Waals surface area (Å²) in [5.74, 6) is 0.179. The summed E-state index contributed by atoms with van der Waals surface area (Å²) >= 11 is 0. The van der Waals surface area contributed by atoms with Crippen molar-refractivity contribution in [3.63, 3.8) is 0 Å². The molecule has 1 aliphatic heterocycles. The molecule has 18 heavy (non-hydrogen) atoms. The Morgan fingerprint density at radius 3 is 2.50 bits per heavy atom.